The molecule has 0 amide bonds. The predicted octanol–water partition coefficient (Wildman–Crippen LogP) is 7.76. The van der Waals surface area contributed by atoms with Crippen molar-refractivity contribution in [3.05, 3.63) is 102 Å². The number of allylic oxidation sites excluding steroid dienone is 7. The Morgan fingerprint density at radius 1 is 0.963 bits per heavy atom. The summed E-state index contributed by atoms with van der Waals surface area (Å²) in [4.78, 5) is 1.25. The number of rotatable bonds is 6. The van der Waals surface area contributed by atoms with E-state index in [1.165, 1.54) is 32.7 Å². The van der Waals surface area contributed by atoms with Gasteiger partial charge in [-0.2, -0.15) is 0 Å². The van der Waals surface area contributed by atoms with Gasteiger partial charge in [0.05, 0.1) is 5.00 Å². The minimum atomic E-state index is -0.0451. The lowest BCUT2D eigenvalue weighted by Crippen LogP contribution is -2.14. The molecule has 0 bridgehead atoms. The molecule has 1 aliphatic carbocycles. The summed E-state index contributed by atoms with van der Waals surface area (Å²) in [6.45, 7) is 16.9. The van der Waals surface area contributed by atoms with Crippen molar-refractivity contribution in [3.63, 3.8) is 0 Å². The van der Waals surface area contributed by atoms with E-state index in [-0.39, 0.29) is 5.41 Å². The van der Waals surface area contributed by atoms with E-state index in [2.05, 4.69) is 88.6 Å². The van der Waals surface area contributed by atoms with Gasteiger partial charge in [-0.3, -0.25) is 0 Å². The lowest BCUT2D eigenvalue weighted by atomic mass is 9.79. The highest BCUT2D eigenvalue weighted by molar-refractivity contribution is 7.19. The zero-order chi connectivity index (χ0) is 19.6. The number of thiophene rings is 1. The molecule has 2 heteroatoms. The third kappa shape index (κ3) is 3.63. The summed E-state index contributed by atoms with van der Waals surface area (Å²) in [6, 6.07) is 14.8. The van der Waals surface area contributed by atoms with E-state index in [4.69, 9.17) is 0 Å². The van der Waals surface area contributed by atoms with Crippen molar-refractivity contribution in [3.8, 4) is 10.4 Å². The summed E-state index contributed by atoms with van der Waals surface area (Å²) < 4.78 is 0. The highest BCUT2D eigenvalue weighted by Crippen LogP contribution is 2.48. The summed E-state index contributed by atoms with van der Waals surface area (Å²) >= 11 is 1.75. The summed E-state index contributed by atoms with van der Waals surface area (Å²) in [5, 5.41) is 4.65. The van der Waals surface area contributed by atoms with Crippen molar-refractivity contribution < 1.29 is 0 Å². The van der Waals surface area contributed by atoms with Gasteiger partial charge in [0, 0.05) is 16.0 Å². The maximum atomic E-state index is 4.02. The van der Waals surface area contributed by atoms with E-state index in [9.17, 15) is 0 Å². The Kier molecular flexibility index (Phi) is 5.38. The molecule has 3 rings (SSSR count). The van der Waals surface area contributed by atoms with Gasteiger partial charge < -0.3 is 5.32 Å². The highest BCUT2D eigenvalue weighted by Gasteiger charge is 2.34. The standard InChI is InChI=1S/C25H27NS/c1-7-20(16-22-18(4)17(3)21(8-2)25(22,5)6)26-24-15-14-23(27-24)19-12-10-9-11-13-19/h7-16,26H,1-2H2,3-6H3/b20-16+. The number of anilines is 1. The first kappa shape index (κ1) is 19.2. The summed E-state index contributed by atoms with van der Waals surface area (Å²) in [7, 11) is 0. The molecule has 138 valence electrons. The van der Waals surface area contributed by atoms with Crippen LogP contribution in [0.4, 0.5) is 5.00 Å². The van der Waals surface area contributed by atoms with Gasteiger partial charge in [0.15, 0.2) is 0 Å². The molecule has 1 aromatic heterocycles. The van der Waals surface area contributed by atoms with E-state index in [0.717, 1.165) is 10.7 Å². The van der Waals surface area contributed by atoms with E-state index < -0.39 is 0 Å². The fraction of sp³-hybridized carbons (Fsp3) is 0.200. The first-order chi connectivity index (χ1) is 12.9. The van der Waals surface area contributed by atoms with Crippen LogP contribution in [0, 0.1) is 5.41 Å². The Morgan fingerprint density at radius 2 is 1.63 bits per heavy atom. The van der Waals surface area contributed by atoms with Crippen LogP contribution in [-0.4, -0.2) is 0 Å². The van der Waals surface area contributed by atoms with Crippen LogP contribution in [0.3, 0.4) is 0 Å². The molecule has 1 aromatic carbocycles. The van der Waals surface area contributed by atoms with Crippen LogP contribution in [0.2, 0.25) is 0 Å². The Bertz CT molecular complexity index is 965. The number of hydrogen-bond donors (Lipinski definition) is 1. The second-order valence-electron chi connectivity index (χ2n) is 7.37. The molecule has 0 unspecified atom stereocenters. The van der Waals surface area contributed by atoms with Gasteiger partial charge in [-0.25, -0.2) is 0 Å². The third-order valence-corrected chi connectivity index (χ3v) is 6.42. The van der Waals surface area contributed by atoms with Crippen LogP contribution in [0.5, 0.6) is 0 Å². The van der Waals surface area contributed by atoms with E-state index >= 15 is 0 Å². The average molecular weight is 374 g/mol. The number of hydrogen-bond acceptors (Lipinski definition) is 2. The lowest BCUT2D eigenvalue weighted by molar-refractivity contribution is 0.574. The van der Waals surface area contributed by atoms with Crippen LogP contribution < -0.4 is 5.32 Å². The fourth-order valence-corrected chi connectivity index (χ4v) is 4.72. The van der Waals surface area contributed by atoms with Crippen molar-refractivity contribution in [1.29, 1.82) is 0 Å². The maximum Gasteiger partial charge on any atom is 0.0933 e. The molecule has 0 saturated heterocycles. The van der Waals surface area contributed by atoms with Gasteiger partial charge in [0.25, 0.3) is 0 Å². The largest absolute Gasteiger partial charge is 0.347 e. The molecule has 27 heavy (non-hydrogen) atoms. The van der Waals surface area contributed by atoms with Crippen molar-refractivity contribution >= 4 is 16.3 Å². The first-order valence-electron chi connectivity index (χ1n) is 9.20. The van der Waals surface area contributed by atoms with Crippen molar-refractivity contribution in [2.24, 2.45) is 5.41 Å². The molecule has 1 nitrogen and oxygen atoms in total. The molecule has 0 atom stereocenters. The second-order valence-corrected chi connectivity index (χ2v) is 8.45. The normalized spacial score (nSPS) is 16.7. The molecule has 0 aliphatic heterocycles. The first-order valence-corrected chi connectivity index (χ1v) is 10.0. The Balaban J connectivity index is 1.88. The number of benzene rings is 1. The zero-order valence-corrected chi connectivity index (χ0v) is 17.4. The molecule has 0 spiro atoms. The molecular weight excluding hydrogens is 346 g/mol. The Labute approximate surface area is 167 Å². The summed E-state index contributed by atoms with van der Waals surface area (Å²) in [6.07, 6.45) is 6.11. The highest BCUT2D eigenvalue weighted by atomic mass is 32.1. The Hall–Kier alpha value is -2.58. The van der Waals surface area contributed by atoms with Crippen molar-refractivity contribution in [1.82, 2.24) is 0 Å². The molecule has 1 N–H and O–H groups in total. The van der Waals surface area contributed by atoms with Gasteiger partial charge in [-0.05, 0) is 66.0 Å². The molecule has 1 aliphatic rings. The zero-order valence-electron chi connectivity index (χ0n) is 16.6. The van der Waals surface area contributed by atoms with Crippen LogP contribution in [0.25, 0.3) is 10.4 Å². The molecule has 0 radical (unpaired) electrons. The predicted molar refractivity (Wildman–Crippen MR) is 121 cm³/mol. The molecule has 0 fully saturated rings. The van der Waals surface area contributed by atoms with Crippen LogP contribution in [0.1, 0.15) is 27.7 Å². The fourth-order valence-electron chi connectivity index (χ4n) is 3.79. The molecular formula is C25H27NS. The van der Waals surface area contributed by atoms with Crippen LogP contribution >= 0.6 is 11.3 Å². The van der Waals surface area contributed by atoms with Crippen LogP contribution in [-0.2, 0) is 0 Å². The Morgan fingerprint density at radius 3 is 2.22 bits per heavy atom. The third-order valence-electron chi connectivity index (χ3n) is 5.37. The van der Waals surface area contributed by atoms with Crippen molar-refractivity contribution in [2.75, 3.05) is 5.32 Å². The van der Waals surface area contributed by atoms with Gasteiger partial charge in [-0.1, -0.05) is 63.4 Å². The van der Waals surface area contributed by atoms with E-state index in [0.29, 0.717) is 0 Å². The van der Waals surface area contributed by atoms with E-state index in [1.807, 2.05) is 18.2 Å². The lowest BCUT2D eigenvalue weighted by Gasteiger charge is -2.25. The van der Waals surface area contributed by atoms with E-state index in [1.54, 1.807) is 11.3 Å². The van der Waals surface area contributed by atoms with Gasteiger partial charge in [0.1, 0.15) is 0 Å². The topological polar surface area (TPSA) is 12.0 Å². The quantitative estimate of drug-likeness (QED) is 0.510. The monoisotopic (exact) mass is 373 g/mol. The van der Waals surface area contributed by atoms with Crippen molar-refractivity contribution in [2.45, 2.75) is 27.7 Å². The summed E-state index contributed by atoms with van der Waals surface area (Å²) in [5.74, 6) is 0. The average Bonchev–Trinajstić information content (AvgIpc) is 3.19. The SMILES string of the molecule is C=CC1=C(C)C(C)=C(/C=C(\C=C)Nc2ccc(-c3ccccc3)s2)C1(C)C. The minimum Gasteiger partial charge on any atom is -0.347 e. The molecule has 0 saturated carbocycles. The van der Waals surface area contributed by atoms with Gasteiger partial charge in [-0.15, -0.1) is 11.3 Å². The maximum absolute atomic E-state index is 4.02. The molecule has 2 aromatic rings. The smallest absolute Gasteiger partial charge is 0.0933 e. The second kappa shape index (κ2) is 7.58. The van der Waals surface area contributed by atoms with Gasteiger partial charge >= 0.3 is 0 Å². The van der Waals surface area contributed by atoms with Gasteiger partial charge in [0.2, 0.25) is 0 Å². The number of nitrogens with one attached hydrogen (secondary N) is 1. The minimum absolute atomic E-state index is 0.0451. The molecule has 1 heterocycles. The summed E-state index contributed by atoms with van der Waals surface area (Å²) in [5.41, 5.74) is 7.48. The van der Waals surface area contributed by atoms with Crippen LogP contribution in [0.15, 0.2) is 102 Å².